The summed E-state index contributed by atoms with van der Waals surface area (Å²) < 4.78 is 0. The standard InChI is InChI=1S/C10H13N/c1-4-9(5-2)10-6-7-11-8(10)3/h4,6-7,11H,1,3,5H2,2H3/b10-9+. The molecule has 1 rings (SSSR count). The van der Waals surface area contributed by atoms with Crippen LogP contribution in [0.5, 0.6) is 0 Å². The van der Waals surface area contributed by atoms with Gasteiger partial charge < -0.3 is 4.98 Å². The molecule has 1 heterocycles. The van der Waals surface area contributed by atoms with Crippen molar-refractivity contribution in [3.05, 3.63) is 35.5 Å². The Kier molecular flexibility index (Phi) is 2.32. The highest BCUT2D eigenvalue weighted by Crippen LogP contribution is 1.97. The lowest BCUT2D eigenvalue weighted by molar-refractivity contribution is 1.23. The maximum absolute atomic E-state index is 3.87. The predicted molar refractivity (Wildman–Crippen MR) is 49.5 cm³/mol. The maximum atomic E-state index is 3.87. The van der Waals surface area contributed by atoms with Crippen LogP contribution in [0.15, 0.2) is 24.9 Å². The molecular formula is C10H13N. The normalized spacial score (nSPS) is 12.8. The fraction of sp³-hybridized carbons (Fsp3) is 0.200. The van der Waals surface area contributed by atoms with Crippen LogP contribution in [0.3, 0.4) is 0 Å². The van der Waals surface area contributed by atoms with Gasteiger partial charge in [-0.1, -0.05) is 26.2 Å². The van der Waals surface area contributed by atoms with Crippen LogP contribution in [0, 0.1) is 0 Å². The second-order valence-corrected chi connectivity index (χ2v) is 2.45. The average molecular weight is 147 g/mol. The van der Waals surface area contributed by atoms with Crippen LogP contribution in [0.2, 0.25) is 0 Å². The van der Waals surface area contributed by atoms with Gasteiger partial charge in [0.05, 0.1) is 0 Å². The van der Waals surface area contributed by atoms with Crippen molar-refractivity contribution < 1.29 is 0 Å². The summed E-state index contributed by atoms with van der Waals surface area (Å²) in [6.07, 6.45) is 4.79. The van der Waals surface area contributed by atoms with E-state index in [0.29, 0.717) is 0 Å². The van der Waals surface area contributed by atoms with Crippen molar-refractivity contribution >= 4 is 12.2 Å². The summed E-state index contributed by atoms with van der Waals surface area (Å²) in [7, 11) is 0. The Morgan fingerprint density at radius 1 is 1.73 bits per heavy atom. The van der Waals surface area contributed by atoms with E-state index >= 15 is 0 Å². The van der Waals surface area contributed by atoms with E-state index in [-0.39, 0.29) is 0 Å². The Balaban J connectivity index is 3.46. The van der Waals surface area contributed by atoms with Crippen molar-refractivity contribution in [3.8, 4) is 0 Å². The highest BCUT2D eigenvalue weighted by molar-refractivity contribution is 5.54. The highest BCUT2D eigenvalue weighted by Gasteiger charge is 1.90. The van der Waals surface area contributed by atoms with Gasteiger partial charge in [-0.05, 0) is 18.1 Å². The fourth-order valence-electron chi connectivity index (χ4n) is 1.15. The third-order valence-electron chi connectivity index (χ3n) is 1.81. The molecule has 0 aliphatic carbocycles. The zero-order chi connectivity index (χ0) is 8.27. The monoisotopic (exact) mass is 147 g/mol. The zero-order valence-corrected chi connectivity index (χ0v) is 6.85. The van der Waals surface area contributed by atoms with Crippen LogP contribution >= 0.6 is 0 Å². The van der Waals surface area contributed by atoms with Crippen LogP contribution < -0.4 is 10.6 Å². The molecular weight excluding hydrogens is 134 g/mol. The van der Waals surface area contributed by atoms with Gasteiger partial charge in [0.2, 0.25) is 0 Å². The predicted octanol–water partition coefficient (Wildman–Crippen LogP) is 1.17. The van der Waals surface area contributed by atoms with Crippen LogP contribution in [0.4, 0.5) is 0 Å². The number of hydrogen-bond acceptors (Lipinski definition) is 0. The highest BCUT2D eigenvalue weighted by atomic mass is 14.6. The molecule has 11 heavy (non-hydrogen) atoms. The Hall–Kier alpha value is -1.24. The van der Waals surface area contributed by atoms with Crippen molar-refractivity contribution in [3.63, 3.8) is 0 Å². The summed E-state index contributed by atoms with van der Waals surface area (Å²) >= 11 is 0. The third kappa shape index (κ3) is 1.43. The molecule has 0 fully saturated rings. The Bertz CT molecular complexity index is 343. The molecule has 0 bridgehead atoms. The Morgan fingerprint density at radius 2 is 2.45 bits per heavy atom. The minimum Gasteiger partial charge on any atom is -0.362 e. The van der Waals surface area contributed by atoms with Gasteiger partial charge in [0.1, 0.15) is 0 Å². The van der Waals surface area contributed by atoms with Gasteiger partial charge in [-0.15, -0.1) is 0 Å². The van der Waals surface area contributed by atoms with Crippen molar-refractivity contribution in [2.24, 2.45) is 0 Å². The molecule has 1 nitrogen and oxygen atoms in total. The zero-order valence-electron chi connectivity index (χ0n) is 6.85. The molecule has 0 atom stereocenters. The van der Waals surface area contributed by atoms with Gasteiger partial charge >= 0.3 is 0 Å². The summed E-state index contributed by atoms with van der Waals surface area (Å²) in [5, 5.41) is 2.16. The molecule has 0 saturated carbocycles. The molecule has 58 valence electrons. The van der Waals surface area contributed by atoms with Crippen LogP contribution in [-0.4, -0.2) is 4.98 Å². The molecule has 0 amide bonds. The van der Waals surface area contributed by atoms with E-state index in [1.807, 2.05) is 18.3 Å². The summed E-state index contributed by atoms with van der Waals surface area (Å²) in [5.74, 6) is 0. The molecule has 0 unspecified atom stereocenters. The molecule has 1 aromatic rings. The van der Waals surface area contributed by atoms with E-state index in [1.165, 1.54) is 10.8 Å². The van der Waals surface area contributed by atoms with Gasteiger partial charge in [-0.3, -0.25) is 0 Å². The quantitative estimate of drug-likeness (QED) is 0.646. The fourth-order valence-corrected chi connectivity index (χ4v) is 1.15. The Labute approximate surface area is 66.8 Å². The van der Waals surface area contributed by atoms with E-state index in [9.17, 15) is 0 Å². The Morgan fingerprint density at radius 3 is 2.82 bits per heavy atom. The molecule has 0 aliphatic rings. The lowest BCUT2D eigenvalue weighted by Crippen LogP contribution is -2.22. The molecule has 0 saturated heterocycles. The van der Waals surface area contributed by atoms with Gasteiger partial charge in [-0.2, -0.15) is 0 Å². The van der Waals surface area contributed by atoms with Gasteiger partial charge in [0.15, 0.2) is 0 Å². The van der Waals surface area contributed by atoms with E-state index in [0.717, 1.165) is 11.8 Å². The molecule has 1 N–H and O–H groups in total. The van der Waals surface area contributed by atoms with Crippen LogP contribution in [0.1, 0.15) is 13.3 Å². The van der Waals surface area contributed by atoms with Crippen LogP contribution in [-0.2, 0) is 0 Å². The number of allylic oxidation sites excluding steroid dienone is 1. The summed E-state index contributed by atoms with van der Waals surface area (Å²) in [6, 6.07) is 2.03. The van der Waals surface area contributed by atoms with Crippen molar-refractivity contribution in [1.82, 2.24) is 4.98 Å². The smallest absolute Gasteiger partial charge is 0.0383 e. The molecule has 1 aromatic heterocycles. The number of H-pyrrole nitrogens is 1. The first-order valence-corrected chi connectivity index (χ1v) is 3.77. The molecule has 1 heteroatoms. The molecule has 0 radical (unpaired) electrons. The summed E-state index contributed by atoms with van der Waals surface area (Å²) in [4.78, 5) is 3.04. The van der Waals surface area contributed by atoms with E-state index in [2.05, 4.69) is 25.1 Å². The third-order valence-corrected chi connectivity index (χ3v) is 1.81. The summed E-state index contributed by atoms with van der Waals surface area (Å²) in [5.41, 5.74) is 1.25. The second kappa shape index (κ2) is 3.24. The number of hydrogen-bond donors (Lipinski definition) is 1. The molecule has 0 spiro atoms. The van der Waals surface area contributed by atoms with E-state index in [4.69, 9.17) is 0 Å². The number of aromatic nitrogens is 1. The first-order chi connectivity index (χ1) is 5.29. The lowest BCUT2D eigenvalue weighted by atomic mass is 10.1. The second-order valence-electron chi connectivity index (χ2n) is 2.45. The van der Waals surface area contributed by atoms with E-state index in [1.54, 1.807) is 0 Å². The minimum absolute atomic E-state index is 0.974. The largest absolute Gasteiger partial charge is 0.362 e. The number of aromatic amines is 1. The first-order valence-electron chi connectivity index (χ1n) is 3.77. The average Bonchev–Trinajstić information content (AvgIpc) is 2.40. The van der Waals surface area contributed by atoms with Crippen LogP contribution in [0.25, 0.3) is 12.2 Å². The van der Waals surface area contributed by atoms with Gasteiger partial charge in [-0.25, -0.2) is 0 Å². The first kappa shape index (κ1) is 7.86. The van der Waals surface area contributed by atoms with Crippen molar-refractivity contribution in [2.75, 3.05) is 0 Å². The molecule has 0 aromatic carbocycles. The number of rotatable bonds is 2. The SMILES string of the molecule is C=C/C(CC)=c1/cc[nH]c1=C. The van der Waals surface area contributed by atoms with Crippen molar-refractivity contribution in [2.45, 2.75) is 13.3 Å². The molecule has 0 aliphatic heterocycles. The van der Waals surface area contributed by atoms with E-state index < -0.39 is 0 Å². The number of nitrogens with one attached hydrogen (secondary N) is 1. The van der Waals surface area contributed by atoms with Gasteiger partial charge in [0.25, 0.3) is 0 Å². The minimum atomic E-state index is 0.974. The maximum Gasteiger partial charge on any atom is 0.0383 e. The van der Waals surface area contributed by atoms with Crippen molar-refractivity contribution in [1.29, 1.82) is 0 Å². The lowest BCUT2D eigenvalue weighted by Gasteiger charge is -1.91. The summed E-state index contributed by atoms with van der Waals surface area (Å²) in [6.45, 7) is 9.74. The van der Waals surface area contributed by atoms with Gasteiger partial charge in [0, 0.05) is 16.8 Å². The topological polar surface area (TPSA) is 15.8 Å².